The summed E-state index contributed by atoms with van der Waals surface area (Å²) in [6, 6.07) is 0. The first-order chi connectivity index (χ1) is 6.70. The van der Waals surface area contributed by atoms with Crippen molar-refractivity contribution in [1.29, 1.82) is 0 Å². The molecule has 0 atom stereocenters. The minimum Gasteiger partial charge on any atom is -0.409 e. The predicted octanol–water partition coefficient (Wildman–Crippen LogP) is -0.334. The topological polar surface area (TPSA) is 96.9 Å². The Morgan fingerprint density at radius 3 is 2.93 bits per heavy atom. The van der Waals surface area contributed by atoms with Crippen LogP contribution in [0.15, 0.2) is 5.16 Å². The fraction of sp³-hybridized carbons (Fsp3) is 0.750. The highest BCUT2D eigenvalue weighted by atomic mass is 16.5. The van der Waals surface area contributed by atoms with E-state index >= 15 is 0 Å². The Hall–Kier alpha value is -1.30. The second kappa shape index (κ2) is 8.31. The van der Waals surface area contributed by atoms with Gasteiger partial charge in [0.25, 0.3) is 0 Å². The molecule has 0 aromatic heterocycles. The molecule has 6 heteroatoms. The van der Waals surface area contributed by atoms with E-state index in [9.17, 15) is 4.79 Å². The van der Waals surface area contributed by atoms with E-state index in [4.69, 9.17) is 15.7 Å². The summed E-state index contributed by atoms with van der Waals surface area (Å²) in [4.78, 5) is 11.0. The maximum atomic E-state index is 11.0. The van der Waals surface area contributed by atoms with Crippen molar-refractivity contribution >= 4 is 11.7 Å². The zero-order valence-electron chi connectivity index (χ0n) is 8.32. The quantitative estimate of drug-likeness (QED) is 0.173. The van der Waals surface area contributed by atoms with Crippen LogP contribution >= 0.6 is 0 Å². The number of ether oxygens (including phenoxy) is 1. The molecule has 0 saturated carbocycles. The van der Waals surface area contributed by atoms with Crippen molar-refractivity contribution in [3.05, 3.63) is 0 Å². The molecule has 0 spiro atoms. The van der Waals surface area contributed by atoms with Gasteiger partial charge in [0.1, 0.15) is 12.4 Å². The van der Waals surface area contributed by atoms with E-state index in [1.807, 2.05) is 6.92 Å². The molecule has 0 aromatic rings. The number of carbonyl (C=O) groups excluding carboxylic acids is 1. The van der Waals surface area contributed by atoms with E-state index in [2.05, 4.69) is 10.5 Å². The Labute approximate surface area is 83.1 Å². The first-order valence-electron chi connectivity index (χ1n) is 4.51. The third-order valence-electron chi connectivity index (χ3n) is 1.41. The van der Waals surface area contributed by atoms with Gasteiger partial charge in [-0.05, 0) is 6.42 Å². The summed E-state index contributed by atoms with van der Waals surface area (Å²) in [6.07, 6.45) is 1.22. The van der Waals surface area contributed by atoms with Crippen molar-refractivity contribution < 1.29 is 14.7 Å². The van der Waals surface area contributed by atoms with Crippen LogP contribution in [0.4, 0.5) is 0 Å². The second-order valence-electron chi connectivity index (χ2n) is 2.74. The molecule has 1 amide bonds. The largest absolute Gasteiger partial charge is 0.409 e. The monoisotopic (exact) mass is 203 g/mol. The highest BCUT2D eigenvalue weighted by Crippen LogP contribution is 1.81. The Bertz CT molecular complexity index is 194. The molecule has 82 valence electrons. The summed E-state index contributed by atoms with van der Waals surface area (Å²) < 4.78 is 5.01. The number of rotatable bonds is 7. The van der Waals surface area contributed by atoms with Crippen LogP contribution in [-0.4, -0.2) is 36.7 Å². The van der Waals surface area contributed by atoms with Crippen molar-refractivity contribution in [2.45, 2.75) is 19.8 Å². The molecular weight excluding hydrogens is 186 g/mol. The number of amidine groups is 1. The number of carbonyl (C=O) groups is 1. The van der Waals surface area contributed by atoms with E-state index in [0.29, 0.717) is 19.6 Å². The molecule has 6 nitrogen and oxygen atoms in total. The average Bonchev–Trinajstić information content (AvgIpc) is 2.18. The normalized spacial score (nSPS) is 11.4. The number of hydrogen-bond donors (Lipinski definition) is 3. The zero-order chi connectivity index (χ0) is 10.8. The Balaban J connectivity index is 3.36. The van der Waals surface area contributed by atoms with Gasteiger partial charge in [0, 0.05) is 19.6 Å². The van der Waals surface area contributed by atoms with Crippen LogP contribution in [0.1, 0.15) is 19.8 Å². The van der Waals surface area contributed by atoms with Crippen molar-refractivity contribution in [2.24, 2.45) is 10.9 Å². The summed E-state index contributed by atoms with van der Waals surface area (Å²) in [7, 11) is 0. The maximum Gasteiger partial charge on any atom is 0.246 e. The van der Waals surface area contributed by atoms with E-state index < -0.39 is 0 Å². The lowest BCUT2D eigenvalue weighted by Crippen LogP contribution is -2.31. The molecule has 0 aliphatic rings. The molecule has 0 unspecified atom stereocenters. The zero-order valence-corrected chi connectivity index (χ0v) is 8.32. The van der Waals surface area contributed by atoms with Gasteiger partial charge in [0.2, 0.25) is 5.91 Å². The predicted molar refractivity (Wildman–Crippen MR) is 52.1 cm³/mol. The summed E-state index contributed by atoms with van der Waals surface area (Å²) in [6.45, 7) is 2.96. The summed E-state index contributed by atoms with van der Waals surface area (Å²) >= 11 is 0. The SMILES string of the molecule is CCCOCC(=O)NCCC(N)=NO. The van der Waals surface area contributed by atoms with Crippen LogP contribution in [-0.2, 0) is 9.53 Å². The fourth-order valence-corrected chi connectivity index (χ4v) is 0.740. The van der Waals surface area contributed by atoms with Crippen LogP contribution in [0.2, 0.25) is 0 Å². The van der Waals surface area contributed by atoms with E-state index in [-0.39, 0.29) is 18.3 Å². The van der Waals surface area contributed by atoms with Crippen molar-refractivity contribution in [1.82, 2.24) is 5.32 Å². The number of nitrogens with two attached hydrogens (primary N) is 1. The Morgan fingerprint density at radius 2 is 2.36 bits per heavy atom. The molecule has 0 fully saturated rings. The maximum absolute atomic E-state index is 11.0. The van der Waals surface area contributed by atoms with Gasteiger partial charge >= 0.3 is 0 Å². The molecule has 0 aliphatic heterocycles. The van der Waals surface area contributed by atoms with Gasteiger partial charge in [-0.25, -0.2) is 0 Å². The highest BCUT2D eigenvalue weighted by molar-refractivity contribution is 5.81. The van der Waals surface area contributed by atoms with E-state index in [1.54, 1.807) is 0 Å². The molecule has 0 saturated heterocycles. The van der Waals surface area contributed by atoms with Gasteiger partial charge in [0.05, 0.1) is 0 Å². The highest BCUT2D eigenvalue weighted by Gasteiger charge is 2.00. The lowest BCUT2D eigenvalue weighted by molar-refractivity contribution is -0.125. The second-order valence-corrected chi connectivity index (χ2v) is 2.74. The van der Waals surface area contributed by atoms with Gasteiger partial charge in [-0.1, -0.05) is 12.1 Å². The van der Waals surface area contributed by atoms with Crippen molar-refractivity contribution in [3.63, 3.8) is 0 Å². The van der Waals surface area contributed by atoms with Gasteiger partial charge in [-0.3, -0.25) is 4.79 Å². The van der Waals surface area contributed by atoms with Gasteiger partial charge in [0.15, 0.2) is 0 Å². The summed E-state index contributed by atoms with van der Waals surface area (Å²) in [5.74, 6) is -0.0935. The summed E-state index contributed by atoms with van der Waals surface area (Å²) in [5, 5.41) is 13.5. The Kier molecular flexibility index (Phi) is 7.53. The molecule has 0 aromatic carbocycles. The third kappa shape index (κ3) is 7.35. The van der Waals surface area contributed by atoms with E-state index in [1.165, 1.54) is 0 Å². The van der Waals surface area contributed by atoms with Gasteiger partial charge in [-0.15, -0.1) is 0 Å². The van der Waals surface area contributed by atoms with Crippen molar-refractivity contribution in [3.8, 4) is 0 Å². The number of oxime groups is 1. The van der Waals surface area contributed by atoms with E-state index in [0.717, 1.165) is 6.42 Å². The van der Waals surface area contributed by atoms with Crippen LogP contribution in [0, 0.1) is 0 Å². The molecular formula is C8H17N3O3. The van der Waals surface area contributed by atoms with Crippen LogP contribution in [0.25, 0.3) is 0 Å². The molecule has 14 heavy (non-hydrogen) atoms. The smallest absolute Gasteiger partial charge is 0.246 e. The molecule has 0 heterocycles. The Morgan fingerprint density at radius 1 is 1.64 bits per heavy atom. The molecule has 0 bridgehead atoms. The lowest BCUT2D eigenvalue weighted by atomic mass is 10.4. The average molecular weight is 203 g/mol. The van der Waals surface area contributed by atoms with Gasteiger partial charge in [-0.2, -0.15) is 0 Å². The molecule has 4 N–H and O–H groups in total. The van der Waals surface area contributed by atoms with Crippen molar-refractivity contribution in [2.75, 3.05) is 19.8 Å². The van der Waals surface area contributed by atoms with Gasteiger partial charge < -0.3 is 21.0 Å². The van der Waals surface area contributed by atoms with Crippen LogP contribution in [0.3, 0.4) is 0 Å². The first-order valence-corrected chi connectivity index (χ1v) is 4.51. The third-order valence-corrected chi connectivity index (χ3v) is 1.41. The molecule has 0 rings (SSSR count). The minimum absolute atomic E-state index is 0.0595. The fourth-order valence-electron chi connectivity index (χ4n) is 0.740. The van der Waals surface area contributed by atoms with Crippen LogP contribution < -0.4 is 11.1 Å². The first kappa shape index (κ1) is 12.7. The molecule has 0 aliphatic carbocycles. The number of nitrogens with one attached hydrogen (secondary N) is 1. The minimum atomic E-state index is -0.191. The molecule has 0 radical (unpaired) electrons. The number of amides is 1. The number of nitrogens with zero attached hydrogens (tertiary/aromatic N) is 1. The lowest BCUT2D eigenvalue weighted by Gasteiger charge is -2.04. The van der Waals surface area contributed by atoms with Crippen LogP contribution in [0.5, 0.6) is 0 Å². The summed E-state index contributed by atoms with van der Waals surface area (Å²) in [5.41, 5.74) is 5.20. The standard InChI is InChI=1S/C8H17N3O3/c1-2-5-14-6-8(12)10-4-3-7(9)11-13/h13H,2-6H2,1H3,(H2,9,11)(H,10,12). The number of hydrogen-bond acceptors (Lipinski definition) is 4.